The quantitative estimate of drug-likeness (QED) is 0.496. The Labute approximate surface area is 158 Å². The molecule has 0 aliphatic carbocycles. The van der Waals surface area contributed by atoms with Crippen molar-refractivity contribution >= 4 is 44.0 Å². The van der Waals surface area contributed by atoms with E-state index in [0.29, 0.717) is 14.5 Å². The summed E-state index contributed by atoms with van der Waals surface area (Å²) in [6.07, 6.45) is -3.34. The second-order valence-corrected chi connectivity index (χ2v) is 6.71. The summed E-state index contributed by atoms with van der Waals surface area (Å²) in [7, 11) is 0. The lowest BCUT2D eigenvalue weighted by atomic mass is 10.1. The van der Waals surface area contributed by atoms with Gasteiger partial charge >= 0.3 is 6.18 Å². The van der Waals surface area contributed by atoms with Crippen LogP contribution in [-0.2, 0) is 17.4 Å². The molecule has 2 N–H and O–H groups in total. The summed E-state index contributed by atoms with van der Waals surface area (Å²) in [4.78, 5) is 11.8. The molecule has 2 rings (SSSR count). The molecule has 0 aliphatic heterocycles. The first-order valence-electron chi connectivity index (χ1n) is 6.83. The number of nitrogens with zero attached hydrogens (tertiary/aromatic N) is 1. The number of hydrazone groups is 1. The first-order valence-corrected chi connectivity index (χ1v) is 8.41. The lowest BCUT2D eigenvalue weighted by Crippen LogP contribution is -2.20. The number of amides is 1. The number of nitrogens with one attached hydrogen (secondary N) is 1. The first kappa shape index (κ1) is 19.5. The van der Waals surface area contributed by atoms with E-state index in [0.717, 1.165) is 12.1 Å². The Balaban J connectivity index is 1.99. The summed E-state index contributed by atoms with van der Waals surface area (Å²) < 4.78 is 38.8. The molecule has 0 aromatic heterocycles. The van der Waals surface area contributed by atoms with Crippen LogP contribution in [-0.4, -0.2) is 17.2 Å². The normalized spacial score (nSPS) is 11.7. The lowest BCUT2D eigenvalue weighted by molar-refractivity contribution is -0.137. The number of carbonyl (C=O) groups is 1. The first-order chi connectivity index (χ1) is 11.7. The van der Waals surface area contributed by atoms with Crippen molar-refractivity contribution in [2.75, 3.05) is 0 Å². The van der Waals surface area contributed by atoms with Gasteiger partial charge in [0.1, 0.15) is 5.75 Å². The molecule has 4 nitrogen and oxygen atoms in total. The van der Waals surface area contributed by atoms with E-state index in [1.165, 1.54) is 18.3 Å². The number of halogens is 5. The molecule has 1 amide bonds. The molecule has 2 aromatic carbocycles. The van der Waals surface area contributed by atoms with Crippen LogP contribution < -0.4 is 5.43 Å². The van der Waals surface area contributed by atoms with E-state index in [9.17, 15) is 23.1 Å². The molecule has 0 heterocycles. The van der Waals surface area contributed by atoms with Gasteiger partial charge in [0.05, 0.1) is 27.1 Å². The molecule has 0 spiro atoms. The molecule has 132 valence electrons. The molecular weight excluding hydrogens is 469 g/mol. The molecule has 0 saturated carbocycles. The predicted octanol–water partition coefficient (Wildman–Crippen LogP) is 4.63. The zero-order chi connectivity index (χ0) is 18.6. The molecule has 0 fully saturated rings. The second kappa shape index (κ2) is 8.01. The molecule has 2 aromatic rings. The number of benzene rings is 2. The van der Waals surface area contributed by atoms with Crippen LogP contribution in [0.15, 0.2) is 50.4 Å². The Kier molecular flexibility index (Phi) is 6.23. The molecule has 0 aliphatic rings. The Morgan fingerprint density at radius 1 is 1.20 bits per heavy atom. The van der Waals surface area contributed by atoms with E-state index >= 15 is 0 Å². The number of carbonyl (C=O) groups excluding carboxylic acids is 1. The summed E-state index contributed by atoms with van der Waals surface area (Å²) in [5, 5.41) is 13.4. The highest BCUT2D eigenvalue weighted by atomic mass is 79.9. The van der Waals surface area contributed by atoms with Gasteiger partial charge in [-0.1, -0.05) is 18.2 Å². The molecule has 0 atom stereocenters. The van der Waals surface area contributed by atoms with Crippen molar-refractivity contribution in [3.8, 4) is 5.75 Å². The molecule has 0 unspecified atom stereocenters. The summed E-state index contributed by atoms with van der Waals surface area (Å²) in [6.45, 7) is 0. The zero-order valence-corrected chi connectivity index (χ0v) is 15.6. The lowest BCUT2D eigenvalue weighted by Gasteiger charge is -2.08. The molecular formula is C16H11Br2F3N2O2. The number of hydrogen-bond donors (Lipinski definition) is 2. The van der Waals surface area contributed by atoms with Crippen LogP contribution in [0.25, 0.3) is 0 Å². The monoisotopic (exact) mass is 478 g/mol. The topological polar surface area (TPSA) is 61.7 Å². The van der Waals surface area contributed by atoms with Crippen LogP contribution in [0.5, 0.6) is 5.75 Å². The third-order valence-corrected chi connectivity index (χ3v) is 4.27. The summed E-state index contributed by atoms with van der Waals surface area (Å²) in [6, 6.07) is 7.73. The van der Waals surface area contributed by atoms with Gasteiger partial charge in [-0.2, -0.15) is 18.3 Å². The van der Waals surface area contributed by atoms with Crippen molar-refractivity contribution in [2.24, 2.45) is 5.10 Å². The van der Waals surface area contributed by atoms with E-state index in [1.54, 1.807) is 12.1 Å². The minimum absolute atomic E-state index is 0.0331. The Morgan fingerprint density at radius 2 is 1.84 bits per heavy atom. The molecule has 25 heavy (non-hydrogen) atoms. The van der Waals surface area contributed by atoms with E-state index in [4.69, 9.17) is 0 Å². The van der Waals surface area contributed by atoms with Crippen molar-refractivity contribution < 1.29 is 23.1 Å². The van der Waals surface area contributed by atoms with Crippen LogP contribution in [0.1, 0.15) is 16.7 Å². The third-order valence-electron chi connectivity index (χ3n) is 3.06. The van der Waals surface area contributed by atoms with Crippen LogP contribution in [0, 0.1) is 0 Å². The Bertz CT molecular complexity index is 800. The van der Waals surface area contributed by atoms with Crippen molar-refractivity contribution in [1.82, 2.24) is 5.43 Å². The summed E-state index contributed by atoms with van der Waals surface area (Å²) in [5.74, 6) is -0.516. The summed E-state index contributed by atoms with van der Waals surface area (Å²) in [5.41, 5.74) is 2.27. The fraction of sp³-hybridized carbons (Fsp3) is 0.125. The van der Waals surface area contributed by atoms with E-state index in [1.807, 2.05) is 0 Å². The number of phenolic OH excluding ortho intramolecular Hbond substituents is 1. The van der Waals surface area contributed by atoms with Gasteiger partial charge in [-0.05, 0) is 61.2 Å². The fourth-order valence-corrected chi connectivity index (χ4v) is 3.14. The van der Waals surface area contributed by atoms with Crippen molar-refractivity contribution in [2.45, 2.75) is 12.6 Å². The van der Waals surface area contributed by atoms with Gasteiger partial charge in [-0.25, -0.2) is 5.43 Å². The van der Waals surface area contributed by atoms with Gasteiger partial charge < -0.3 is 5.11 Å². The number of phenols is 1. The zero-order valence-electron chi connectivity index (χ0n) is 12.4. The van der Waals surface area contributed by atoms with E-state index in [2.05, 4.69) is 42.4 Å². The molecule has 0 radical (unpaired) electrons. The third kappa shape index (κ3) is 5.57. The van der Waals surface area contributed by atoms with Gasteiger partial charge in [-0.15, -0.1) is 0 Å². The van der Waals surface area contributed by atoms with Gasteiger partial charge in [0, 0.05) is 0 Å². The van der Waals surface area contributed by atoms with Gasteiger partial charge in [0.2, 0.25) is 5.91 Å². The highest BCUT2D eigenvalue weighted by molar-refractivity contribution is 9.11. The maximum absolute atomic E-state index is 12.6. The summed E-state index contributed by atoms with van der Waals surface area (Å²) >= 11 is 6.33. The van der Waals surface area contributed by atoms with Crippen LogP contribution in [0.4, 0.5) is 13.2 Å². The van der Waals surface area contributed by atoms with Crippen LogP contribution in [0.3, 0.4) is 0 Å². The Morgan fingerprint density at radius 3 is 2.44 bits per heavy atom. The number of alkyl halides is 3. The highest BCUT2D eigenvalue weighted by Crippen LogP contribution is 2.33. The standard InChI is InChI=1S/C16H11Br2F3N2O2/c17-12-5-10(6-13(18)15(12)25)8-22-23-14(24)7-9-2-1-3-11(4-9)16(19,20)21/h1-6,8,25H,7H2,(H,23,24)/b22-8+. The maximum atomic E-state index is 12.6. The predicted molar refractivity (Wildman–Crippen MR) is 94.4 cm³/mol. The number of aromatic hydroxyl groups is 1. The van der Waals surface area contributed by atoms with Gasteiger partial charge in [0.25, 0.3) is 0 Å². The Hall–Kier alpha value is -1.87. The largest absolute Gasteiger partial charge is 0.506 e. The average molecular weight is 480 g/mol. The smallest absolute Gasteiger partial charge is 0.416 e. The molecule has 0 bridgehead atoms. The highest BCUT2D eigenvalue weighted by Gasteiger charge is 2.30. The van der Waals surface area contributed by atoms with Gasteiger partial charge in [0.15, 0.2) is 0 Å². The van der Waals surface area contributed by atoms with Crippen LogP contribution >= 0.6 is 31.9 Å². The van der Waals surface area contributed by atoms with Crippen molar-refractivity contribution in [1.29, 1.82) is 0 Å². The minimum atomic E-state index is -4.45. The maximum Gasteiger partial charge on any atom is 0.416 e. The fourth-order valence-electron chi connectivity index (χ4n) is 1.92. The number of hydrogen-bond acceptors (Lipinski definition) is 3. The minimum Gasteiger partial charge on any atom is -0.506 e. The molecule has 9 heteroatoms. The van der Waals surface area contributed by atoms with E-state index < -0.39 is 17.6 Å². The SMILES string of the molecule is O=C(Cc1cccc(C(F)(F)F)c1)N/N=C/c1cc(Br)c(O)c(Br)c1. The van der Waals surface area contributed by atoms with Gasteiger partial charge in [-0.3, -0.25) is 4.79 Å². The van der Waals surface area contributed by atoms with Crippen LogP contribution in [0.2, 0.25) is 0 Å². The average Bonchev–Trinajstić information content (AvgIpc) is 2.52. The second-order valence-electron chi connectivity index (χ2n) is 5.00. The van der Waals surface area contributed by atoms with E-state index in [-0.39, 0.29) is 17.7 Å². The van der Waals surface area contributed by atoms with Crippen molar-refractivity contribution in [3.63, 3.8) is 0 Å². The number of rotatable bonds is 4. The van der Waals surface area contributed by atoms with Crippen molar-refractivity contribution in [3.05, 3.63) is 62.0 Å². The molecule has 0 saturated heterocycles.